The molecule has 0 fully saturated rings. The van der Waals surface area contributed by atoms with Gasteiger partial charge in [0.25, 0.3) is 0 Å². The molecule has 0 rings (SSSR count). The van der Waals surface area contributed by atoms with Crippen molar-refractivity contribution in [3.8, 4) is 0 Å². The van der Waals surface area contributed by atoms with Crippen molar-refractivity contribution in [2.75, 3.05) is 32.8 Å². The van der Waals surface area contributed by atoms with E-state index in [0.717, 1.165) is 0 Å². The van der Waals surface area contributed by atoms with Crippen LogP contribution in [-0.2, 0) is 14.3 Å². The molecule has 0 aliphatic carbocycles. The van der Waals surface area contributed by atoms with Crippen molar-refractivity contribution in [1.82, 2.24) is 0 Å². The van der Waals surface area contributed by atoms with Crippen LogP contribution in [0.3, 0.4) is 0 Å². The molecule has 0 aliphatic heterocycles. The van der Waals surface area contributed by atoms with Gasteiger partial charge in [-0.3, -0.25) is 0 Å². The molecule has 0 bridgehead atoms. The first-order valence-corrected chi connectivity index (χ1v) is 5.76. The topological polar surface area (TPSA) is 63.6 Å². The van der Waals surface area contributed by atoms with Crippen molar-refractivity contribution in [1.29, 1.82) is 0 Å². The highest BCUT2D eigenvalue weighted by atomic mass is 16.5. The Labute approximate surface area is 102 Å². The molecule has 0 spiro atoms. The second-order valence-corrected chi connectivity index (χ2v) is 4.17. The number of carbonyl (C=O) groups excluding carboxylic acids is 1. The minimum atomic E-state index is -0.833. The minimum Gasteiger partial charge on any atom is -0.477 e. The number of quaternary nitrogens is 1. The molecule has 0 unspecified atom stereocenters. The molecule has 0 radical (unpaired) electrons. The molecular formula is C12H22NO4+. The van der Waals surface area contributed by atoms with Crippen LogP contribution in [0, 0.1) is 0 Å². The Kier molecular flexibility index (Phi) is 6.50. The molecule has 0 aromatic heterocycles. The third-order valence-electron chi connectivity index (χ3n) is 2.96. The van der Waals surface area contributed by atoms with Gasteiger partial charge in [0.15, 0.2) is 6.54 Å². The van der Waals surface area contributed by atoms with E-state index in [1.165, 1.54) is 0 Å². The zero-order valence-electron chi connectivity index (χ0n) is 10.9. The molecule has 0 aliphatic rings. The summed E-state index contributed by atoms with van der Waals surface area (Å²) in [5.41, 5.74) is 0.356. The zero-order chi connectivity index (χ0) is 13.5. The fraction of sp³-hybridized carbons (Fsp3) is 0.667. The Morgan fingerprint density at radius 2 is 1.82 bits per heavy atom. The van der Waals surface area contributed by atoms with Crippen LogP contribution >= 0.6 is 0 Å². The summed E-state index contributed by atoms with van der Waals surface area (Å²) in [4.78, 5) is 22.0. The maximum Gasteiger partial charge on any atom is 0.359 e. The van der Waals surface area contributed by atoms with Gasteiger partial charge in [0.1, 0.15) is 13.2 Å². The molecule has 17 heavy (non-hydrogen) atoms. The van der Waals surface area contributed by atoms with E-state index < -0.39 is 11.9 Å². The summed E-state index contributed by atoms with van der Waals surface area (Å²) < 4.78 is 5.41. The van der Waals surface area contributed by atoms with Crippen molar-refractivity contribution in [3.05, 3.63) is 12.2 Å². The lowest BCUT2D eigenvalue weighted by molar-refractivity contribution is -0.918. The third-order valence-corrected chi connectivity index (χ3v) is 2.96. The molecule has 0 atom stereocenters. The summed E-state index contributed by atoms with van der Waals surface area (Å²) >= 11 is 0. The fourth-order valence-electron chi connectivity index (χ4n) is 1.58. The van der Waals surface area contributed by atoms with Gasteiger partial charge in [-0.1, -0.05) is 6.58 Å². The van der Waals surface area contributed by atoms with Crippen LogP contribution in [-0.4, -0.2) is 54.3 Å². The van der Waals surface area contributed by atoms with Gasteiger partial charge in [-0.15, -0.1) is 0 Å². The van der Waals surface area contributed by atoms with Crippen LogP contribution in [0.2, 0.25) is 0 Å². The number of esters is 1. The van der Waals surface area contributed by atoms with Crippen molar-refractivity contribution in [2.24, 2.45) is 0 Å². The quantitative estimate of drug-likeness (QED) is 0.394. The van der Waals surface area contributed by atoms with E-state index in [9.17, 15) is 9.59 Å². The van der Waals surface area contributed by atoms with Gasteiger partial charge < -0.3 is 14.3 Å². The number of rotatable bonds is 8. The van der Waals surface area contributed by atoms with Gasteiger partial charge in [-0.25, -0.2) is 9.59 Å². The van der Waals surface area contributed by atoms with Crippen molar-refractivity contribution in [2.45, 2.75) is 20.8 Å². The number of nitrogens with zero attached hydrogens (tertiary/aromatic N) is 1. The summed E-state index contributed by atoms with van der Waals surface area (Å²) in [6.07, 6.45) is 0. The number of carboxylic acid groups (broad SMARTS) is 1. The van der Waals surface area contributed by atoms with Crippen LogP contribution in [0.1, 0.15) is 20.8 Å². The molecule has 98 valence electrons. The van der Waals surface area contributed by atoms with Gasteiger partial charge >= 0.3 is 11.9 Å². The molecular weight excluding hydrogens is 222 g/mol. The number of carbonyl (C=O) groups is 2. The second-order valence-electron chi connectivity index (χ2n) is 4.17. The van der Waals surface area contributed by atoms with Crippen LogP contribution in [0.15, 0.2) is 12.2 Å². The fourth-order valence-corrected chi connectivity index (χ4v) is 1.58. The van der Waals surface area contributed by atoms with Crippen LogP contribution in [0.25, 0.3) is 0 Å². The maximum absolute atomic E-state index is 11.2. The first-order chi connectivity index (χ1) is 7.87. The Morgan fingerprint density at radius 3 is 2.18 bits per heavy atom. The van der Waals surface area contributed by atoms with E-state index in [0.29, 0.717) is 29.7 Å². The minimum absolute atomic E-state index is 0.0532. The van der Waals surface area contributed by atoms with E-state index in [1.807, 2.05) is 13.8 Å². The predicted molar refractivity (Wildman–Crippen MR) is 64.5 cm³/mol. The highest BCUT2D eigenvalue weighted by Crippen LogP contribution is 2.06. The molecule has 1 N–H and O–H groups in total. The Morgan fingerprint density at radius 1 is 1.29 bits per heavy atom. The zero-order valence-corrected chi connectivity index (χ0v) is 10.9. The molecule has 0 heterocycles. The lowest BCUT2D eigenvalue weighted by atomic mass is 10.3. The Hall–Kier alpha value is -1.36. The molecule has 0 aromatic rings. The molecule has 0 saturated heterocycles. The van der Waals surface area contributed by atoms with Crippen molar-refractivity contribution >= 4 is 11.9 Å². The summed E-state index contributed by atoms with van der Waals surface area (Å²) in [5, 5.41) is 8.87. The van der Waals surface area contributed by atoms with Crippen molar-refractivity contribution in [3.63, 3.8) is 0 Å². The highest BCUT2D eigenvalue weighted by Gasteiger charge is 2.26. The molecule has 0 amide bonds. The number of aliphatic carboxylic acids is 1. The van der Waals surface area contributed by atoms with E-state index >= 15 is 0 Å². The highest BCUT2D eigenvalue weighted by molar-refractivity contribution is 5.86. The number of hydrogen-bond acceptors (Lipinski definition) is 3. The van der Waals surface area contributed by atoms with E-state index in [2.05, 4.69) is 6.58 Å². The number of ether oxygens (including phenoxy) is 1. The SMILES string of the molecule is C=C(C)C(=O)OCC[N+](CC)(CC)CC(=O)O. The third kappa shape index (κ3) is 5.49. The van der Waals surface area contributed by atoms with Gasteiger partial charge in [0, 0.05) is 5.57 Å². The lowest BCUT2D eigenvalue weighted by Gasteiger charge is -2.34. The van der Waals surface area contributed by atoms with E-state index in [-0.39, 0.29) is 13.2 Å². The summed E-state index contributed by atoms with van der Waals surface area (Å²) in [6, 6.07) is 0. The van der Waals surface area contributed by atoms with Crippen molar-refractivity contribution < 1.29 is 23.9 Å². The van der Waals surface area contributed by atoms with Gasteiger partial charge in [0.2, 0.25) is 0 Å². The van der Waals surface area contributed by atoms with E-state index in [4.69, 9.17) is 9.84 Å². The Balaban J connectivity index is 4.31. The average Bonchev–Trinajstić information content (AvgIpc) is 2.26. The monoisotopic (exact) mass is 244 g/mol. The molecule has 5 heteroatoms. The van der Waals surface area contributed by atoms with Gasteiger partial charge in [0.05, 0.1) is 13.1 Å². The summed E-state index contributed by atoms with van der Waals surface area (Å²) in [6.45, 7) is 11.1. The summed E-state index contributed by atoms with van der Waals surface area (Å²) in [7, 11) is 0. The maximum atomic E-state index is 11.2. The van der Waals surface area contributed by atoms with Gasteiger partial charge in [-0.05, 0) is 20.8 Å². The largest absolute Gasteiger partial charge is 0.477 e. The van der Waals surface area contributed by atoms with Crippen LogP contribution in [0.5, 0.6) is 0 Å². The van der Waals surface area contributed by atoms with Crippen LogP contribution < -0.4 is 0 Å². The van der Waals surface area contributed by atoms with Crippen LogP contribution in [0.4, 0.5) is 0 Å². The Bertz CT molecular complexity index is 295. The number of hydrogen-bond donors (Lipinski definition) is 1. The second kappa shape index (κ2) is 7.06. The normalized spacial score (nSPS) is 11.0. The average molecular weight is 244 g/mol. The first kappa shape index (κ1) is 15.6. The lowest BCUT2D eigenvalue weighted by Crippen LogP contribution is -2.52. The summed E-state index contributed by atoms with van der Waals surface area (Å²) in [5.74, 6) is -1.26. The molecule has 0 saturated carbocycles. The predicted octanol–water partition coefficient (Wildman–Crippen LogP) is 1.05. The number of carboxylic acids is 1. The molecule has 0 aromatic carbocycles. The smallest absolute Gasteiger partial charge is 0.359 e. The standard InChI is InChI=1S/C12H21NO4/c1-5-13(6-2,9-11(14)15)7-8-17-12(16)10(3)4/h3,5-9H2,1-2,4H3/p+1. The number of likely N-dealkylation sites (N-methyl/N-ethyl adjacent to an activating group) is 1. The van der Waals surface area contributed by atoms with Gasteiger partial charge in [-0.2, -0.15) is 0 Å². The van der Waals surface area contributed by atoms with E-state index in [1.54, 1.807) is 6.92 Å². The first-order valence-electron chi connectivity index (χ1n) is 5.76. The molecule has 5 nitrogen and oxygen atoms in total.